The minimum Gasteiger partial charge on any atom is -0.326 e. The van der Waals surface area contributed by atoms with Crippen LogP contribution in [0.3, 0.4) is 0 Å². The van der Waals surface area contributed by atoms with Crippen LogP contribution in [0.2, 0.25) is 0 Å². The molecular formula is C16H20N2. The van der Waals surface area contributed by atoms with E-state index in [9.17, 15) is 0 Å². The van der Waals surface area contributed by atoms with Gasteiger partial charge in [0.05, 0.1) is 0 Å². The minimum absolute atomic E-state index is 0.270. The van der Waals surface area contributed by atoms with Crippen molar-refractivity contribution in [2.45, 2.75) is 25.4 Å². The van der Waals surface area contributed by atoms with Crippen molar-refractivity contribution in [1.29, 1.82) is 0 Å². The van der Waals surface area contributed by atoms with Gasteiger partial charge < -0.3 is 5.73 Å². The lowest BCUT2D eigenvalue weighted by molar-refractivity contribution is 0.261. The van der Waals surface area contributed by atoms with Crippen LogP contribution in [0.15, 0.2) is 42.5 Å². The highest BCUT2D eigenvalue weighted by atomic mass is 15.2. The second-order valence-corrected chi connectivity index (χ2v) is 5.13. The molecule has 0 spiro atoms. The Labute approximate surface area is 108 Å². The molecule has 0 bridgehead atoms. The van der Waals surface area contributed by atoms with Gasteiger partial charge in [-0.05, 0) is 35.4 Å². The SMILES string of the molecule is CCN1CCC(N)C1c1ccc2ccccc2c1. The summed E-state index contributed by atoms with van der Waals surface area (Å²) in [4.78, 5) is 2.48. The predicted octanol–water partition coefficient (Wildman–Crippen LogP) is 2.93. The largest absolute Gasteiger partial charge is 0.326 e. The third-order valence-corrected chi connectivity index (χ3v) is 4.07. The zero-order valence-corrected chi connectivity index (χ0v) is 10.8. The summed E-state index contributed by atoms with van der Waals surface area (Å²) < 4.78 is 0. The molecule has 1 aliphatic heterocycles. The van der Waals surface area contributed by atoms with Gasteiger partial charge in [-0.1, -0.05) is 43.3 Å². The van der Waals surface area contributed by atoms with Crippen LogP contribution >= 0.6 is 0 Å². The fraction of sp³-hybridized carbons (Fsp3) is 0.375. The van der Waals surface area contributed by atoms with Gasteiger partial charge in [-0.15, -0.1) is 0 Å². The van der Waals surface area contributed by atoms with E-state index in [1.807, 2.05) is 0 Å². The van der Waals surface area contributed by atoms with Crippen LogP contribution in [-0.4, -0.2) is 24.0 Å². The quantitative estimate of drug-likeness (QED) is 0.874. The maximum absolute atomic E-state index is 6.28. The van der Waals surface area contributed by atoms with E-state index in [2.05, 4.69) is 54.3 Å². The van der Waals surface area contributed by atoms with Crippen LogP contribution in [0.4, 0.5) is 0 Å². The summed E-state index contributed by atoms with van der Waals surface area (Å²) in [5.41, 5.74) is 7.64. The second kappa shape index (κ2) is 4.71. The summed E-state index contributed by atoms with van der Waals surface area (Å²) in [5, 5.41) is 2.61. The standard InChI is InChI=1S/C16H20N2/c1-2-18-10-9-15(17)16(18)14-8-7-12-5-3-4-6-13(12)11-14/h3-8,11,15-16H,2,9-10,17H2,1H3. The third kappa shape index (κ3) is 1.92. The molecule has 0 radical (unpaired) electrons. The van der Waals surface area contributed by atoms with Crippen molar-refractivity contribution < 1.29 is 0 Å². The Morgan fingerprint density at radius 1 is 1.17 bits per heavy atom. The molecule has 2 heteroatoms. The first-order valence-corrected chi connectivity index (χ1v) is 6.78. The van der Waals surface area contributed by atoms with Crippen molar-refractivity contribution in [3.05, 3.63) is 48.0 Å². The van der Waals surface area contributed by atoms with E-state index in [4.69, 9.17) is 5.73 Å². The number of benzene rings is 2. The van der Waals surface area contributed by atoms with Gasteiger partial charge in [0.2, 0.25) is 0 Å². The molecule has 2 N–H and O–H groups in total. The number of nitrogens with zero attached hydrogens (tertiary/aromatic N) is 1. The average Bonchev–Trinajstić information content (AvgIpc) is 2.79. The highest BCUT2D eigenvalue weighted by Gasteiger charge is 2.31. The Morgan fingerprint density at radius 3 is 2.72 bits per heavy atom. The molecule has 1 heterocycles. The van der Waals surface area contributed by atoms with E-state index in [1.165, 1.54) is 16.3 Å². The van der Waals surface area contributed by atoms with Crippen molar-refractivity contribution in [3.63, 3.8) is 0 Å². The van der Waals surface area contributed by atoms with E-state index in [1.54, 1.807) is 0 Å². The van der Waals surface area contributed by atoms with Crippen molar-refractivity contribution >= 4 is 10.8 Å². The van der Waals surface area contributed by atoms with Crippen LogP contribution < -0.4 is 5.73 Å². The first kappa shape index (κ1) is 11.7. The van der Waals surface area contributed by atoms with Crippen LogP contribution in [0.25, 0.3) is 10.8 Å². The average molecular weight is 240 g/mol. The third-order valence-electron chi connectivity index (χ3n) is 4.07. The van der Waals surface area contributed by atoms with Crippen LogP contribution in [-0.2, 0) is 0 Å². The van der Waals surface area contributed by atoms with Crippen LogP contribution in [0.5, 0.6) is 0 Å². The molecule has 0 amide bonds. The molecule has 0 saturated carbocycles. The Hall–Kier alpha value is -1.38. The van der Waals surface area contributed by atoms with Gasteiger partial charge in [0.1, 0.15) is 0 Å². The summed E-state index contributed by atoms with van der Waals surface area (Å²) in [6, 6.07) is 15.9. The van der Waals surface area contributed by atoms with Gasteiger partial charge in [0, 0.05) is 18.6 Å². The number of hydrogen-bond acceptors (Lipinski definition) is 2. The fourth-order valence-corrected chi connectivity index (χ4v) is 3.09. The molecule has 2 nitrogen and oxygen atoms in total. The summed E-state index contributed by atoms with van der Waals surface area (Å²) in [6.07, 6.45) is 1.10. The molecule has 0 aromatic heterocycles. The highest BCUT2D eigenvalue weighted by Crippen LogP contribution is 2.32. The molecule has 1 aliphatic rings. The molecule has 2 aromatic carbocycles. The van der Waals surface area contributed by atoms with Gasteiger partial charge in [-0.3, -0.25) is 4.90 Å². The Morgan fingerprint density at radius 2 is 1.94 bits per heavy atom. The monoisotopic (exact) mass is 240 g/mol. The normalized spacial score (nSPS) is 24.8. The van der Waals surface area contributed by atoms with Crippen molar-refractivity contribution in [1.82, 2.24) is 4.90 Å². The second-order valence-electron chi connectivity index (χ2n) is 5.13. The van der Waals surface area contributed by atoms with E-state index in [-0.39, 0.29) is 6.04 Å². The minimum atomic E-state index is 0.270. The number of fused-ring (bicyclic) bond motifs is 1. The molecule has 3 rings (SSSR count). The van der Waals surface area contributed by atoms with E-state index < -0.39 is 0 Å². The Kier molecular flexibility index (Phi) is 3.06. The molecule has 2 atom stereocenters. The fourth-order valence-electron chi connectivity index (χ4n) is 3.09. The van der Waals surface area contributed by atoms with E-state index in [0.29, 0.717) is 6.04 Å². The number of rotatable bonds is 2. The number of nitrogens with two attached hydrogens (primary N) is 1. The van der Waals surface area contributed by atoms with Crippen molar-refractivity contribution in [3.8, 4) is 0 Å². The number of likely N-dealkylation sites (N-methyl/N-ethyl adjacent to an activating group) is 1. The van der Waals surface area contributed by atoms with E-state index >= 15 is 0 Å². The Balaban J connectivity index is 2.03. The smallest absolute Gasteiger partial charge is 0.0499 e. The highest BCUT2D eigenvalue weighted by molar-refractivity contribution is 5.83. The topological polar surface area (TPSA) is 29.3 Å². The molecule has 18 heavy (non-hydrogen) atoms. The zero-order chi connectivity index (χ0) is 12.5. The van der Waals surface area contributed by atoms with Gasteiger partial charge in [-0.25, -0.2) is 0 Å². The Bertz CT molecular complexity index is 550. The lowest BCUT2D eigenvalue weighted by Crippen LogP contribution is -2.31. The lowest BCUT2D eigenvalue weighted by Gasteiger charge is -2.26. The first-order valence-electron chi connectivity index (χ1n) is 6.78. The van der Waals surface area contributed by atoms with Gasteiger partial charge in [0.25, 0.3) is 0 Å². The van der Waals surface area contributed by atoms with Gasteiger partial charge in [0.15, 0.2) is 0 Å². The predicted molar refractivity (Wildman–Crippen MR) is 76.5 cm³/mol. The maximum atomic E-state index is 6.28. The van der Waals surface area contributed by atoms with Crippen molar-refractivity contribution in [2.24, 2.45) is 5.73 Å². The van der Waals surface area contributed by atoms with E-state index in [0.717, 1.165) is 19.5 Å². The molecule has 1 fully saturated rings. The summed E-state index contributed by atoms with van der Waals surface area (Å²) in [6.45, 7) is 4.41. The van der Waals surface area contributed by atoms with Crippen molar-refractivity contribution in [2.75, 3.05) is 13.1 Å². The summed E-state index contributed by atoms with van der Waals surface area (Å²) in [5.74, 6) is 0. The number of hydrogen-bond donors (Lipinski definition) is 1. The van der Waals surface area contributed by atoms with Crippen LogP contribution in [0.1, 0.15) is 24.9 Å². The van der Waals surface area contributed by atoms with Crippen LogP contribution in [0, 0.1) is 0 Å². The number of likely N-dealkylation sites (tertiary alicyclic amines) is 1. The summed E-state index contributed by atoms with van der Waals surface area (Å²) in [7, 11) is 0. The van der Waals surface area contributed by atoms with Gasteiger partial charge >= 0.3 is 0 Å². The zero-order valence-electron chi connectivity index (χ0n) is 10.8. The molecule has 0 aliphatic carbocycles. The lowest BCUT2D eigenvalue weighted by atomic mass is 9.97. The molecule has 94 valence electrons. The molecule has 1 saturated heterocycles. The summed E-state index contributed by atoms with van der Waals surface area (Å²) >= 11 is 0. The van der Waals surface area contributed by atoms with Gasteiger partial charge in [-0.2, -0.15) is 0 Å². The molecule has 2 aromatic rings. The molecular weight excluding hydrogens is 220 g/mol. The molecule has 2 unspecified atom stereocenters. The first-order chi connectivity index (χ1) is 8.79. The maximum Gasteiger partial charge on any atom is 0.0499 e.